The molecule has 2 unspecified atom stereocenters. The molecule has 1 aromatic carbocycles. The third-order valence-corrected chi connectivity index (χ3v) is 4.12. The first-order valence-corrected chi connectivity index (χ1v) is 6.34. The van der Waals surface area contributed by atoms with E-state index in [0.29, 0.717) is 5.92 Å². The van der Waals surface area contributed by atoms with Gasteiger partial charge >= 0.3 is 0 Å². The van der Waals surface area contributed by atoms with Crippen molar-refractivity contribution in [2.45, 2.75) is 52.1 Å². The molecule has 0 amide bonds. The lowest BCUT2D eigenvalue weighted by Gasteiger charge is -2.39. The molecular formula is C15H22O. The standard InChI is InChI=1S/C15H22O/c1-11-7-8-12(2)14(10-11)15(16)9-5-4-6-13(15)3/h7-8,10,13,16H,4-6,9H2,1-3H3. The number of rotatable bonds is 1. The van der Waals surface area contributed by atoms with Gasteiger partial charge in [0.2, 0.25) is 0 Å². The second-order valence-electron chi connectivity index (χ2n) is 5.39. The maximum Gasteiger partial charge on any atom is 0.0924 e. The summed E-state index contributed by atoms with van der Waals surface area (Å²) in [6, 6.07) is 6.41. The predicted molar refractivity (Wildman–Crippen MR) is 67.4 cm³/mol. The molecule has 0 bridgehead atoms. The lowest BCUT2D eigenvalue weighted by Crippen LogP contribution is -2.37. The van der Waals surface area contributed by atoms with E-state index < -0.39 is 5.60 Å². The molecule has 2 rings (SSSR count). The normalized spacial score (nSPS) is 30.4. The molecule has 0 saturated heterocycles. The molecule has 1 aliphatic rings. The van der Waals surface area contributed by atoms with Gasteiger partial charge in [-0.15, -0.1) is 0 Å². The van der Waals surface area contributed by atoms with Crippen LogP contribution >= 0.6 is 0 Å². The number of aliphatic hydroxyl groups is 1. The summed E-state index contributed by atoms with van der Waals surface area (Å²) < 4.78 is 0. The van der Waals surface area contributed by atoms with Gasteiger partial charge in [0.25, 0.3) is 0 Å². The molecular weight excluding hydrogens is 196 g/mol. The van der Waals surface area contributed by atoms with Crippen LogP contribution in [0, 0.1) is 19.8 Å². The van der Waals surface area contributed by atoms with Crippen LogP contribution in [-0.2, 0) is 5.60 Å². The van der Waals surface area contributed by atoms with Gasteiger partial charge in [0.1, 0.15) is 0 Å². The molecule has 1 heteroatoms. The minimum atomic E-state index is -0.589. The van der Waals surface area contributed by atoms with Gasteiger partial charge in [-0.2, -0.15) is 0 Å². The molecule has 1 aromatic rings. The van der Waals surface area contributed by atoms with Crippen LogP contribution in [0.15, 0.2) is 18.2 Å². The van der Waals surface area contributed by atoms with Crippen molar-refractivity contribution >= 4 is 0 Å². The third-order valence-electron chi connectivity index (χ3n) is 4.12. The molecule has 16 heavy (non-hydrogen) atoms. The minimum absolute atomic E-state index is 0.377. The van der Waals surface area contributed by atoms with Crippen LogP contribution in [0.3, 0.4) is 0 Å². The van der Waals surface area contributed by atoms with Crippen LogP contribution < -0.4 is 0 Å². The van der Waals surface area contributed by atoms with Crippen LogP contribution in [0.25, 0.3) is 0 Å². The van der Waals surface area contributed by atoms with E-state index in [-0.39, 0.29) is 0 Å². The Kier molecular flexibility index (Phi) is 3.07. The molecule has 0 aliphatic heterocycles. The molecule has 1 saturated carbocycles. The van der Waals surface area contributed by atoms with Crippen LogP contribution in [0.2, 0.25) is 0 Å². The van der Waals surface area contributed by atoms with E-state index >= 15 is 0 Å². The Hall–Kier alpha value is -0.820. The molecule has 1 fully saturated rings. The molecule has 2 atom stereocenters. The average molecular weight is 218 g/mol. The van der Waals surface area contributed by atoms with Crippen molar-refractivity contribution in [1.29, 1.82) is 0 Å². The molecule has 1 N–H and O–H groups in total. The highest BCUT2D eigenvalue weighted by atomic mass is 16.3. The Bertz CT molecular complexity index is 383. The molecule has 1 aliphatic carbocycles. The molecule has 0 heterocycles. The number of aryl methyl sites for hydroxylation is 2. The zero-order valence-corrected chi connectivity index (χ0v) is 10.6. The highest BCUT2D eigenvalue weighted by Crippen LogP contribution is 2.42. The zero-order valence-electron chi connectivity index (χ0n) is 10.6. The highest BCUT2D eigenvalue weighted by molar-refractivity contribution is 5.35. The van der Waals surface area contributed by atoms with E-state index in [2.05, 4.69) is 39.0 Å². The van der Waals surface area contributed by atoms with E-state index in [1.165, 1.54) is 17.5 Å². The molecule has 1 nitrogen and oxygen atoms in total. The summed E-state index contributed by atoms with van der Waals surface area (Å²) >= 11 is 0. The van der Waals surface area contributed by atoms with E-state index in [9.17, 15) is 5.11 Å². The van der Waals surface area contributed by atoms with Crippen molar-refractivity contribution < 1.29 is 5.11 Å². The maximum absolute atomic E-state index is 10.9. The summed E-state index contributed by atoms with van der Waals surface area (Å²) in [7, 11) is 0. The fourth-order valence-electron chi connectivity index (χ4n) is 2.93. The lowest BCUT2D eigenvalue weighted by molar-refractivity contribution is -0.0474. The van der Waals surface area contributed by atoms with Gasteiger partial charge in [0.05, 0.1) is 5.60 Å². The van der Waals surface area contributed by atoms with Crippen LogP contribution in [0.5, 0.6) is 0 Å². The Morgan fingerprint density at radius 3 is 2.69 bits per heavy atom. The quantitative estimate of drug-likeness (QED) is 0.762. The van der Waals surface area contributed by atoms with Gasteiger partial charge in [-0.3, -0.25) is 0 Å². The topological polar surface area (TPSA) is 20.2 Å². The maximum atomic E-state index is 10.9. The number of hydrogen-bond donors (Lipinski definition) is 1. The Balaban J connectivity index is 2.44. The van der Waals surface area contributed by atoms with Crippen molar-refractivity contribution in [3.8, 4) is 0 Å². The summed E-state index contributed by atoms with van der Waals surface area (Å²) in [5.74, 6) is 0.377. The summed E-state index contributed by atoms with van der Waals surface area (Å²) in [6.45, 7) is 6.38. The van der Waals surface area contributed by atoms with Gasteiger partial charge in [-0.1, -0.05) is 43.5 Å². The van der Waals surface area contributed by atoms with Crippen LogP contribution in [0.4, 0.5) is 0 Å². The molecule has 0 aromatic heterocycles. The van der Waals surface area contributed by atoms with Crippen molar-refractivity contribution in [2.75, 3.05) is 0 Å². The van der Waals surface area contributed by atoms with E-state index in [4.69, 9.17) is 0 Å². The number of benzene rings is 1. The first kappa shape index (κ1) is 11.7. The second-order valence-corrected chi connectivity index (χ2v) is 5.39. The first-order chi connectivity index (χ1) is 7.54. The Morgan fingerprint density at radius 1 is 1.25 bits per heavy atom. The third kappa shape index (κ3) is 1.89. The average Bonchev–Trinajstić information content (AvgIpc) is 2.26. The number of hydrogen-bond acceptors (Lipinski definition) is 1. The summed E-state index contributed by atoms with van der Waals surface area (Å²) in [5.41, 5.74) is 3.03. The van der Waals surface area contributed by atoms with Gasteiger partial charge < -0.3 is 5.11 Å². The summed E-state index contributed by atoms with van der Waals surface area (Å²) in [5, 5.41) is 10.9. The first-order valence-electron chi connectivity index (χ1n) is 6.34. The summed E-state index contributed by atoms with van der Waals surface area (Å²) in [6.07, 6.45) is 4.46. The van der Waals surface area contributed by atoms with E-state index in [1.807, 2.05) is 0 Å². The Morgan fingerprint density at radius 2 is 2.00 bits per heavy atom. The second kappa shape index (κ2) is 4.21. The van der Waals surface area contributed by atoms with Gasteiger partial charge in [0, 0.05) is 0 Å². The summed E-state index contributed by atoms with van der Waals surface area (Å²) in [4.78, 5) is 0. The monoisotopic (exact) mass is 218 g/mol. The lowest BCUT2D eigenvalue weighted by atomic mass is 9.71. The van der Waals surface area contributed by atoms with E-state index in [0.717, 1.165) is 24.8 Å². The van der Waals surface area contributed by atoms with Crippen molar-refractivity contribution in [3.05, 3.63) is 34.9 Å². The van der Waals surface area contributed by atoms with Crippen molar-refractivity contribution in [2.24, 2.45) is 5.92 Å². The largest absolute Gasteiger partial charge is 0.385 e. The van der Waals surface area contributed by atoms with Gasteiger partial charge in [0.15, 0.2) is 0 Å². The van der Waals surface area contributed by atoms with E-state index in [1.54, 1.807) is 0 Å². The van der Waals surface area contributed by atoms with Gasteiger partial charge in [-0.25, -0.2) is 0 Å². The Labute approximate surface area is 98.5 Å². The fourth-order valence-corrected chi connectivity index (χ4v) is 2.93. The molecule has 0 radical (unpaired) electrons. The van der Waals surface area contributed by atoms with Crippen molar-refractivity contribution in [3.63, 3.8) is 0 Å². The van der Waals surface area contributed by atoms with Crippen molar-refractivity contribution in [1.82, 2.24) is 0 Å². The minimum Gasteiger partial charge on any atom is -0.385 e. The van der Waals surface area contributed by atoms with Gasteiger partial charge in [-0.05, 0) is 43.7 Å². The molecule has 88 valence electrons. The van der Waals surface area contributed by atoms with Crippen LogP contribution in [-0.4, -0.2) is 5.11 Å². The highest BCUT2D eigenvalue weighted by Gasteiger charge is 2.38. The fraction of sp³-hybridized carbons (Fsp3) is 0.600. The predicted octanol–water partition coefficient (Wildman–Crippen LogP) is 3.70. The smallest absolute Gasteiger partial charge is 0.0924 e. The SMILES string of the molecule is Cc1ccc(C)c(C2(O)CCCCC2C)c1. The van der Waals surface area contributed by atoms with Crippen LogP contribution in [0.1, 0.15) is 49.3 Å². The zero-order chi connectivity index (χ0) is 11.8. The molecule has 0 spiro atoms.